The van der Waals surface area contributed by atoms with Crippen LogP contribution in [-0.4, -0.2) is 36.0 Å². The lowest BCUT2D eigenvalue weighted by molar-refractivity contribution is 0.0909. The van der Waals surface area contributed by atoms with E-state index in [-0.39, 0.29) is 11.4 Å². The molecule has 2 bridgehead atoms. The zero-order chi connectivity index (χ0) is 13.7. The average Bonchev–Trinajstić information content (AvgIpc) is 3.10. The molecule has 1 aromatic carbocycles. The smallest absolute Gasteiger partial charge is 0.255 e. The lowest BCUT2D eigenvalue weighted by atomic mass is 9.95. The summed E-state index contributed by atoms with van der Waals surface area (Å²) in [5, 5.41) is 4.60. The molecule has 104 valence electrons. The first-order valence-corrected chi connectivity index (χ1v) is 7.25. The van der Waals surface area contributed by atoms with Gasteiger partial charge in [0.1, 0.15) is 11.8 Å². The van der Waals surface area contributed by atoms with Gasteiger partial charge in [0.05, 0.1) is 11.1 Å². The maximum atomic E-state index is 12.5. The molecule has 20 heavy (non-hydrogen) atoms. The summed E-state index contributed by atoms with van der Waals surface area (Å²) in [5.41, 5.74) is 1.22. The summed E-state index contributed by atoms with van der Waals surface area (Å²) in [7, 11) is 0. The lowest BCUT2D eigenvalue weighted by Gasteiger charge is -2.26. The standard InChI is InChI=1S/C15H15ClN2O2/c16-10-1-2-13-11(7-10)12(8-20-13)14(19)17-15-3-5-18(9-15)6-4-15/h1-2,7-8H,3-6,9H2,(H,17,19). The third-order valence-corrected chi connectivity index (χ3v) is 4.73. The quantitative estimate of drug-likeness (QED) is 0.925. The van der Waals surface area contributed by atoms with Gasteiger partial charge in [-0.05, 0) is 31.0 Å². The Bertz CT molecular complexity index is 686. The van der Waals surface area contributed by atoms with Crippen LogP contribution in [0.2, 0.25) is 5.02 Å². The van der Waals surface area contributed by atoms with Crippen LogP contribution in [0, 0.1) is 0 Å². The van der Waals surface area contributed by atoms with Crippen LogP contribution in [0.4, 0.5) is 0 Å². The van der Waals surface area contributed by atoms with Crippen molar-refractivity contribution in [2.75, 3.05) is 19.6 Å². The van der Waals surface area contributed by atoms with Crippen LogP contribution < -0.4 is 5.32 Å². The van der Waals surface area contributed by atoms with Gasteiger partial charge in [0.25, 0.3) is 5.91 Å². The lowest BCUT2D eigenvalue weighted by Crippen LogP contribution is -2.47. The zero-order valence-corrected chi connectivity index (χ0v) is 11.7. The number of rotatable bonds is 2. The number of carbonyl (C=O) groups excluding carboxylic acids is 1. The number of nitrogens with zero attached hydrogens (tertiary/aromatic N) is 1. The summed E-state index contributed by atoms with van der Waals surface area (Å²) in [6, 6.07) is 5.34. The number of furan rings is 1. The second-order valence-corrected chi connectivity index (χ2v) is 6.24. The van der Waals surface area contributed by atoms with Crippen molar-refractivity contribution in [1.29, 1.82) is 0 Å². The van der Waals surface area contributed by atoms with Crippen molar-refractivity contribution in [2.45, 2.75) is 18.4 Å². The van der Waals surface area contributed by atoms with Crippen molar-refractivity contribution >= 4 is 28.5 Å². The molecule has 0 radical (unpaired) electrons. The topological polar surface area (TPSA) is 45.5 Å². The number of fused-ring (bicyclic) bond motifs is 3. The fourth-order valence-corrected chi connectivity index (χ4v) is 3.55. The highest BCUT2D eigenvalue weighted by molar-refractivity contribution is 6.31. The Hall–Kier alpha value is -1.52. The van der Waals surface area contributed by atoms with Gasteiger partial charge >= 0.3 is 0 Å². The molecule has 4 rings (SSSR count). The largest absolute Gasteiger partial charge is 0.463 e. The van der Waals surface area contributed by atoms with Crippen LogP contribution in [0.25, 0.3) is 11.0 Å². The number of amides is 1. The second kappa shape index (κ2) is 4.24. The van der Waals surface area contributed by atoms with Gasteiger partial charge in [-0.2, -0.15) is 0 Å². The summed E-state index contributed by atoms with van der Waals surface area (Å²) in [5.74, 6) is -0.0604. The van der Waals surface area contributed by atoms with E-state index in [1.807, 2.05) is 0 Å². The summed E-state index contributed by atoms with van der Waals surface area (Å²) < 4.78 is 5.44. The molecule has 5 heteroatoms. The molecule has 0 spiro atoms. The Kier molecular flexibility index (Phi) is 2.59. The van der Waals surface area contributed by atoms with Gasteiger partial charge < -0.3 is 14.6 Å². The van der Waals surface area contributed by atoms with Crippen LogP contribution in [0.1, 0.15) is 23.2 Å². The van der Waals surface area contributed by atoms with E-state index < -0.39 is 0 Å². The number of hydrogen-bond acceptors (Lipinski definition) is 3. The number of benzene rings is 1. The number of halogens is 1. The minimum absolute atomic E-state index is 0.0424. The van der Waals surface area contributed by atoms with Crippen LogP contribution in [-0.2, 0) is 0 Å². The van der Waals surface area contributed by atoms with Gasteiger partial charge in [0.2, 0.25) is 0 Å². The molecule has 1 N–H and O–H groups in total. The van der Waals surface area contributed by atoms with Crippen molar-refractivity contribution in [3.05, 3.63) is 35.0 Å². The molecule has 0 aliphatic carbocycles. The van der Waals surface area contributed by atoms with Crippen LogP contribution >= 0.6 is 11.6 Å². The molecule has 0 unspecified atom stereocenters. The Morgan fingerprint density at radius 2 is 2.15 bits per heavy atom. The number of nitrogens with one attached hydrogen (secondary N) is 1. The average molecular weight is 291 g/mol. The zero-order valence-electron chi connectivity index (χ0n) is 11.0. The van der Waals surface area contributed by atoms with E-state index >= 15 is 0 Å². The Labute approximate surface area is 121 Å². The number of hydrogen-bond donors (Lipinski definition) is 1. The first-order chi connectivity index (χ1) is 9.65. The monoisotopic (exact) mass is 290 g/mol. The molecule has 4 nitrogen and oxygen atoms in total. The molecule has 0 saturated carbocycles. The van der Waals surface area contributed by atoms with Gasteiger partial charge in [-0.3, -0.25) is 4.79 Å². The molecule has 2 saturated heterocycles. The Balaban J connectivity index is 1.65. The predicted octanol–water partition coefficient (Wildman–Crippen LogP) is 2.66. The van der Waals surface area contributed by atoms with E-state index in [0.717, 1.165) is 37.9 Å². The second-order valence-electron chi connectivity index (χ2n) is 5.80. The maximum absolute atomic E-state index is 12.5. The first kappa shape index (κ1) is 12.2. The van der Waals surface area contributed by atoms with Gasteiger partial charge in [-0.1, -0.05) is 11.6 Å². The third-order valence-electron chi connectivity index (χ3n) is 4.50. The molecular formula is C15H15ClN2O2. The molecule has 2 fully saturated rings. The fraction of sp³-hybridized carbons (Fsp3) is 0.400. The minimum Gasteiger partial charge on any atom is -0.463 e. The van der Waals surface area contributed by atoms with E-state index in [0.29, 0.717) is 16.2 Å². The Morgan fingerprint density at radius 3 is 2.85 bits per heavy atom. The van der Waals surface area contributed by atoms with Gasteiger partial charge in [0.15, 0.2) is 0 Å². The third kappa shape index (κ3) is 1.83. The fourth-order valence-electron chi connectivity index (χ4n) is 3.38. The van der Waals surface area contributed by atoms with Crippen LogP contribution in [0.5, 0.6) is 0 Å². The highest BCUT2D eigenvalue weighted by Gasteiger charge is 2.44. The summed E-state index contributed by atoms with van der Waals surface area (Å²) >= 11 is 6.00. The molecule has 2 aromatic rings. The van der Waals surface area contributed by atoms with Crippen molar-refractivity contribution < 1.29 is 9.21 Å². The predicted molar refractivity (Wildman–Crippen MR) is 77.1 cm³/mol. The van der Waals surface area contributed by atoms with Gasteiger partial charge in [-0.15, -0.1) is 0 Å². The van der Waals surface area contributed by atoms with Crippen molar-refractivity contribution in [2.24, 2.45) is 0 Å². The summed E-state index contributed by atoms with van der Waals surface area (Å²) in [6.45, 7) is 3.13. The van der Waals surface area contributed by atoms with E-state index in [1.54, 1.807) is 18.2 Å². The minimum atomic E-state index is -0.0604. The summed E-state index contributed by atoms with van der Waals surface area (Å²) in [6.07, 6.45) is 3.60. The van der Waals surface area contributed by atoms with Crippen molar-refractivity contribution in [1.82, 2.24) is 10.2 Å². The molecule has 2 aliphatic rings. The first-order valence-electron chi connectivity index (χ1n) is 6.87. The summed E-state index contributed by atoms with van der Waals surface area (Å²) in [4.78, 5) is 14.9. The van der Waals surface area contributed by atoms with E-state index in [1.165, 1.54) is 6.26 Å². The van der Waals surface area contributed by atoms with Crippen LogP contribution in [0.15, 0.2) is 28.9 Å². The van der Waals surface area contributed by atoms with E-state index in [9.17, 15) is 4.79 Å². The van der Waals surface area contributed by atoms with Gasteiger partial charge in [0, 0.05) is 30.0 Å². The molecule has 1 aromatic heterocycles. The Morgan fingerprint density at radius 1 is 1.35 bits per heavy atom. The molecule has 1 amide bonds. The highest BCUT2D eigenvalue weighted by Crippen LogP contribution is 2.33. The SMILES string of the molecule is O=C(NC12CCN(CC1)C2)c1coc2ccc(Cl)cc12. The van der Waals surface area contributed by atoms with E-state index in [4.69, 9.17) is 16.0 Å². The van der Waals surface area contributed by atoms with E-state index in [2.05, 4.69) is 10.2 Å². The number of piperidine rings is 1. The molecular weight excluding hydrogens is 276 g/mol. The van der Waals surface area contributed by atoms with Gasteiger partial charge in [-0.25, -0.2) is 0 Å². The molecule has 0 atom stereocenters. The van der Waals surface area contributed by atoms with Crippen molar-refractivity contribution in [3.8, 4) is 0 Å². The normalized spacial score (nSPS) is 28.1. The molecule has 2 aliphatic heterocycles. The van der Waals surface area contributed by atoms with Crippen LogP contribution in [0.3, 0.4) is 0 Å². The highest BCUT2D eigenvalue weighted by atomic mass is 35.5. The van der Waals surface area contributed by atoms with Crippen molar-refractivity contribution in [3.63, 3.8) is 0 Å². The maximum Gasteiger partial charge on any atom is 0.255 e. The number of carbonyl (C=O) groups is 1. The molecule has 3 heterocycles.